The lowest BCUT2D eigenvalue weighted by atomic mass is 10.1. The second kappa shape index (κ2) is 10.3. The maximum atomic E-state index is 13.4. The van der Waals surface area contributed by atoms with Crippen LogP contribution in [0.3, 0.4) is 0 Å². The molecule has 0 saturated carbocycles. The van der Waals surface area contributed by atoms with Crippen LogP contribution < -0.4 is 10.1 Å². The van der Waals surface area contributed by atoms with Crippen LogP contribution in [0.25, 0.3) is 6.08 Å². The summed E-state index contributed by atoms with van der Waals surface area (Å²) in [6.45, 7) is -0.356. The zero-order chi connectivity index (χ0) is 24.1. The Morgan fingerprint density at radius 1 is 0.971 bits per heavy atom. The number of ether oxygens (including phenoxy) is 1. The Hall–Kier alpha value is -3.98. The van der Waals surface area contributed by atoms with Crippen molar-refractivity contribution in [3.63, 3.8) is 0 Å². The molecule has 6 nitrogen and oxygen atoms in total. The van der Waals surface area contributed by atoms with Gasteiger partial charge < -0.3 is 10.1 Å². The van der Waals surface area contributed by atoms with Crippen LogP contribution in [0.2, 0.25) is 0 Å². The first kappa shape index (κ1) is 23.2. The van der Waals surface area contributed by atoms with Gasteiger partial charge in [-0.25, -0.2) is 8.78 Å². The SMILES string of the molecule is O=C(CN1C(=O)S/C(=C\c2ccccc2OCc2cccc(F)c2)C1=O)Nc1ccc(F)cc1. The first-order valence-corrected chi connectivity index (χ1v) is 11.0. The summed E-state index contributed by atoms with van der Waals surface area (Å²) in [5, 5.41) is 1.94. The van der Waals surface area contributed by atoms with E-state index in [4.69, 9.17) is 4.74 Å². The van der Waals surface area contributed by atoms with Crippen LogP contribution in [0.1, 0.15) is 11.1 Å². The van der Waals surface area contributed by atoms with Crippen LogP contribution in [-0.4, -0.2) is 28.5 Å². The number of hydrogen-bond acceptors (Lipinski definition) is 5. The van der Waals surface area contributed by atoms with Crippen LogP contribution >= 0.6 is 11.8 Å². The van der Waals surface area contributed by atoms with E-state index in [0.29, 0.717) is 34.3 Å². The molecule has 1 N–H and O–H groups in total. The Balaban J connectivity index is 1.44. The summed E-state index contributed by atoms with van der Waals surface area (Å²) in [4.78, 5) is 38.4. The molecule has 34 heavy (non-hydrogen) atoms. The van der Waals surface area contributed by atoms with E-state index in [-0.39, 0.29) is 17.3 Å². The van der Waals surface area contributed by atoms with E-state index < -0.39 is 29.4 Å². The monoisotopic (exact) mass is 480 g/mol. The molecule has 1 heterocycles. The number of nitrogens with one attached hydrogen (secondary N) is 1. The number of halogens is 2. The van der Waals surface area contributed by atoms with E-state index in [1.165, 1.54) is 42.5 Å². The van der Waals surface area contributed by atoms with Gasteiger partial charge in [0.2, 0.25) is 5.91 Å². The van der Waals surface area contributed by atoms with Crippen molar-refractivity contribution in [2.24, 2.45) is 0 Å². The summed E-state index contributed by atoms with van der Waals surface area (Å²) < 4.78 is 32.2. The highest BCUT2D eigenvalue weighted by Crippen LogP contribution is 2.34. The third kappa shape index (κ3) is 5.68. The topological polar surface area (TPSA) is 75.7 Å². The van der Waals surface area contributed by atoms with E-state index in [0.717, 1.165) is 4.90 Å². The summed E-state index contributed by atoms with van der Waals surface area (Å²) >= 11 is 0.716. The van der Waals surface area contributed by atoms with Gasteiger partial charge in [-0.2, -0.15) is 0 Å². The molecule has 172 valence electrons. The number of para-hydroxylation sites is 1. The van der Waals surface area contributed by atoms with Crippen molar-refractivity contribution in [2.75, 3.05) is 11.9 Å². The molecule has 0 bridgehead atoms. The van der Waals surface area contributed by atoms with E-state index >= 15 is 0 Å². The standard InChI is InChI=1S/C25H18F2N2O4S/c26-18-8-10-20(11-9-18)28-23(30)14-29-24(31)22(34-25(29)32)13-17-5-1-2-7-21(17)33-15-16-4-3-6-19(27)12-16/h1-13H,14-15H2,(H,28,30)/b22-13-. The number of nitrogens with zero attached hydrogens (tertiary/aromatic N) is 1. The van der Waals surface area contributed by atoms with E-state index in [2.05, 4.69) is 5.32 Å². The summed E-state index contributed by atoms with van der Waals surface area (Å²) in [5.41, 5.74) is 1.54. The third-order valence-electron chi connectivity index (χ3n) is 4.79. The van der Waals surface area contributed by atoms with Crippen LogP contribution in [0.5, 0.6) is 5.75 Å². The van der Waals surface area contributed by atoms with Gasteiger partial charge in [0.25, 0.3) is 11.1 Å². The molecular weight excluding hydrogens is 462 g/mol. The molecule has 1 saturated heterocycles. The van der Waals surface area contributed by atoms with Gasteiger partial charge in [-0.05, 0) is 65.9 Å². The van der Waals surface area contributed by atoms with Crippen molar-refractivity contribution in [3.8, 4) is 5.75 Å². The van der Waals surface area contributed by atoms with Crippen molar-refractivity contribution in [2.45, 2.75) is 6.61 Å². The third-order valence-corrected chi connectivity index (χ3v) is 5.70. The fourth-order valence-corrected chi connectivity index (χ4v) is 4.00. The quantitative estimate of drug-likeness (QED) is 0.470. The molecule has 0 spiro atoms. The second-order valence-electron chi connectivity index (χ2n) is 7.28. The molecule has 0 atom stereocenters. The van der Waals surface area contributed by atoms with Crippen LogP contribution in [0.4, 0.5) is 19.3 Å². The lowest BCUT2D eigenvalue weighted by Gasteiger charge is -2.12. The maximum absolute atomic E-state index is 13.4. The number of carbonyl (C=O) groups excluding carboxylic acids is 3. The molecule has 0 radical (unpaired) electrons. The number of thioether (sulfide) groups is 1. The predicted octanol–water partition coefficient (Wildman–Crippen LogP) is 5.22. The van der Waals surface area contributed by atoms with Crippen LogP contribution in [0.15, 0.2) is 77.7 Å². The van der Waals surface area contributed by atoms with Gasteiger partial charge in [0, 0.05) is 11.3 Å². The minimum absolute atomic E-state index is 0.119. The molecule has 0 unspecified atom stereocenters. The van der Waals surface area contributed by atoms with Gasteiger partial charge in [-0.3, -0.25) is 19.3 Å². The van der Waals surface area contributed by atoms with E-state index in [9.17, 15) is 23.2 Å². The smallest absolute Gasteiger partial charge is 0.294 e. The Bertz CT molecular complexity index is 1280. The largest absolute Gasteiger partial charge is 0.488 e. The van der Waals surface area contributed by atoms with Crippen LogP contribution in [-0.2, 0) is 16.2 Å². The summed E-state index contributed by atoms with van der Waals surface area (Å²) in [6.07, 6.45) is 1.52. The Morgan fingerprint density at radius 3 is 2.50 bits per heavy atom. The van der Waals surface area contributed by atoms with Crippen molar-refractivity contribution >= 4 is 40.6 Å². The summed E-state index contributed by atoms with van der Waals surface area (Å²) in [5.74, 6) is -1.56. The highest BCUT2D eigenvalue weighted by Gasteiger charge is 2.36. The molecular formula is C25H18F2N2O4S. The van der Waals surface area contributed by atoms with Crippen molar-refractivity contribution < 1.29 is 27.9 Å². The Kier molecular flexibility index (Phi) is 7.03. The molecule has 1 fully saturated rings. The molecule has 3 aromatic rings. The Morgan fingerprint density at radius 2 is 1.74 bits per heavy atom. The first-order valence-electron chi connectivity index (χ1n) is 10.2. The van der Waals surface area contributed by atoms with Gasteiger partial charge in [0.05, 0.1) is 4.91 Å². The maximum Gasteiger partial charge on any atom is 0.294 e. The number of hydrogen-bond donors (Lipinski definition) is 1. The van der Waals surface area contributed by atoms with E-state index in [1.807, 2.05) is 0 Å². The fraction of sp³-hybridized carbons (Fsp3) is 0.0800. The van der Waals surface area contributed by atoms with Crippen LogP contribution in [0, 0.1) is 11.6 Å². The summed E-state index contributed by atoms with van der Waals surface area (Å²) in [7, 11) is 0. The highest BCUT2D eigenvalue weighted by molar-refractivity contribution is 8.18. The minimum Gasteiger partial charge on any atom is -0.488 e. The van der Waals surface area contributed by atoms with Crippen molar-refractivity contribution in [1.82, 2.24) is 4.90 Å². The van der Waals surface area contributed by atoms with Crippen molar-refractivity contribution in [3.05, 3.63) is 100 Å². The highest BCUT2D eigenvalue weighted by atomic mass is 32.2. The number of benzene rings is 3. The average molecular weight is 480 g/mol. The zero-order valence-corrected chi connectivity index (χ0v) is 18.5. The van der Waals surface area contributed by atoms with Crippen molar-refractivity contribution in [1.29, 1.82) is 0 Å². The minimum atomic E-state index is -0.607. The molecule has 3 aromatic carbocycles. The average Bonchev–Trinajstić information content (AvgIpc) is 3.07. The molecule has 3 amide bonds. The van der Waals surface area contributed by atoms with Gasteiger partial charge in [-0.1, -0.05) is 30.3 Å². The lowest BCUT2D eigenvalue weighted by Crippen LogP contribution is -2.36. The normalized spacial score (nSPS) is 14.5. The van der Waals surface area contributed by atoms with Gasteiger partial charge >= 0.3 is 0 Å². The molecule has 0 aliphatic carbocycles. The van der Waals surface area contributed by atoms with Gasteiger partial charge in [-0.15, -0.1) is 0 Å². The van der Waals surface area contributed by atoms with Gasteiger partial charge in [0.1, 0.15) is 30.5 Å². The zero-order valence-electron chi connectivity index (χ0n) is 17.7. The molecule has 1 aliphatic heterocycles. The molecule has 1 aliphatic rings. The molecule has 9 heteroatoms. The number of anilines is 1. The lowest BCUT2D eigenvalue weighted by molar-refractivity contribution is -0.127. The molecule has 4 rings (SSSR count). The second-order valence-corrected chi connectivity index (χ2v) is 8.27. The number of carbonyl (C=O) groups is 3. The molecule has 0 aromatic heterocycles. The number of rotatable bonds is 7. The number of amides is 3. The predicted molar refractivity (Wildman–Crippen MR) is 125 cm³/mol. The Labute approximate surface area is 198 Å². The number of imide groups is 1. The fourth-order valence-electron chi connectivity index (χ4n) is 3.17. The first-order chi connectivity index (χ1) is 16.4. The van der Waals surface area contributed by atoms with Gasteiger partial charge in [0.15, 0.2) is 0 Å². The summed E-state index contributed by atoms with van der Waals surface area (Å²) in [6, 6.07) is 18.1. The van der Waals surface area contributed by atoms with E-state index in [1.54, 1.807) is 36.4 Å².